The summed E-state index contributed by atoms with van der Waals surface area (Å²) in [5, 5.41) is 36.0. The topological polar surface area (TPSA) is 143 Å². The van der Waals surface area contributed by atoms with E-state index in [0.717, 1.165) is 0 Å². The maximum atomic E-state index is 14.4. The van der Waals surface area contributed by atoms with Gasteiger partial charge in [-0.15, -0.1) is 5.10 Å². The molecule has 0 fully saturated rings. The highest BCUT2D eigenvalue weighted by atomic mass is 19.3. The summed E-state index contributed by atoms with van der Waals surface area (Å²) in [5.41, 5.74) is 3.44. The number of aromatic amines is 1. The normalized spacial score (nSPS) is 17.5. The number of aromatic nitrogens is 7. The molecule has 0 radical (unpaired) electrons. The minimum absolute atomic E-state index is 0.101. The van der Waals surface area contributed by atoms with Crippen molar-refractivity contribution in [3.63, 3.8) is 0 Å². The number of fused-ring (bicyclic) bond motifs is 4. The number of nitriles is 1. The quantitative estimate of drug-likeness (QED) is 0.368. The van der Waals surface area contributed by atoms with Crippen molar-refractivity contribution in [1.29, 1.82) is 5.26 Å². The molecular formula is C26H29F2N9O3. The lowest BCUT2D eigenvalue weighted by Gasteiger charge is -2.27. The predicted molar refractivity (Wildman–Crippen MR) is 141 cm³/mol. The van der Waals surface area contributed by atoms with E-state index in [9.17, 15) is 13.9 Å². The second kappa shape index (κ2) is 11.4. The highest BCUT2D eigenvalue weighted by molar-refractivity contribution is 5.90. The van der Waals surface area contributed by atoms with E-state index in [2.05, 4.69) is 25.4 Å². The summed E-state index contributed by atoms with van der Waals surface area (Å²) < 4.78 is 43.4. The van der Waals surface area contributed by atoms with E-state index >= 15 is 0 Å². The van der Waals surface area contributed by atoms with Crippen molar-refractivity contribution in [1.82, 2.24) is 39.6 Å². The van der Waals surface area contributed by atoms with Gasteiger partial charge in [0.2, 0.25) is 11.8 Å². The molecule has 14 heteroatoms. The molecule has 5 rings (SSSR count). The molecule has 0 saturated heterocycles. The lowest BCUT2D eigenvalue weighted by molar-refractivity contribution is -0.0128. The molecule has 2 bridgehead atoms. The first-order chi connectivity index (χ1) is 19.3. The Hall–Kier alpha value is -4.35. The number of nitrogens with zero attached hydrogens (tertiary/aromatic N) is 8. The van der Waals surface area contributed by atoms with E-state index in [1.807, 2.05) is 24.0 Å². The van der Waals surface area contributed by atoms with Gasteiger partial charge in [0, 0.05) is 37.3 Å². The fourth-order valence-electron chi connectivity index (χ4n) is 4.64. The number of ether oxygens (including phenoxy) is 2. The summed E-state index contributed by atoms with van der Waals surface area (Å²) in [4.78, 5) is 6.25. The van der Waals surface area contributed by atoms with Gasteiger partial charge in [0.25, 0.3) is 6.43 Å². The third-order valence-corrected chi connectivity index (χ3v) is 6.63. The second-order valence-corrected chi connectivity index (χ2v) is 9.51. The number of aliphatic hydroxyl groups excluding tert-OH is 1. The Morgan fingerprint density at radius 3 is 2.88 bits per heavy atom. The number of pyridine rings is 1. The molecule has 0 saturated carbocycles. The molecule has 0 aromatic carbocycles. The van der Waals surface area contributed by atoms with Gasteiger partial charge in [0.15, 0.2) is 18.4 Å². The minimum atomic E-state index is -2.79. The molecule has 1 aliphatic heterocycles. The smallest absolute Gasteiger partial charge is 0.276 e. The van der Waals surface area contributed by atoms with Gasteiger partial charge in [0.1, 0.15) is 6.07 Å². The number of H-pyrrole nitrogens is 1. The summed E-state index contributed by atoms with van der Waals surface area (Å²) in [5.74, 6) is 0.390. The van der Waals surface area contributed by atoms with Gasteiger partial charge in [-0.2, -0.15) is 15.5 Å². The summed E-state index contributed by atoms with van der Waals surface area (Å²) in [6.45, 7) is 3.91. The molecule has 40 heavy (non-hydrogen) atoms. The van der Waals surface area contributed by atoms with Gasteiger partial charge in [-0.25, -0.2) is 18.4 Å². The van der Waals surface area contributed by atoms with Crippen LogP contribution in [-0.2, 0) is 20.1 Å². The molecule has 0 unspecified atom stereocenters. The number of nitrogens with one attached hydrogen (secondary N) is 1. The van der Waals surface area contributed by atoms with Crippen molar-refractivity contribution in [2.24, 2.45) is 7.05 Å². The Balaban J connectivity index is 1.72. The van der Waals surface area contributed by atoms with Crippen LogP contribution in [0.15, 0.2) is 18.5 Å². The predicted octanol–water partition coefficient (Wildman–Crippen LogP) is 2.86. The first-order valence-electron chi connectivity index (χ1n) is 12.8. The van der Waals surface area contributed by atoms with Crippen LogP contribution in [0.5, 0.6) is 11.8 Å². The Kier molecular flexibility index (Phi) is 7.76. The maximum Gasteiger partial charge on any atom is 0.276 e. The van der Waals surface area contributed by atoms with Crippen LogP contribution in [0.2, 0.25) is 0 Å². The highest BCUT2D eigenvalue weighted by Crippen LogP contribution is 2.34. The van der Waals surface area contributed by atoms with Crippen molar-refractivity contribution in [3.05, 3.63) is 35.4 Å². The van der Waals surface area contributed by atoms with Crippen LogP contribution in [0, 0.1) is 11.3 Å². The molecule has 5 heterocycles. The number of alkyl halides is 2. The van der Waals surface area contributed by atoms with Gasteiger partial charge in [-0.05, 0) is 31.7 Å². The third kappa shape index (κ3) is 5.38. The number of likely N-dealkylation sites (N-methyl/N-ethyl adjacent to an activating group) is 1. The number of rotatable bonds is 6. The molecule has 0 amide bonds. The molecule has 4 aromatic heterocycles. The number of hydrogen-bond donors (Lipinski definition) is 2. The van der Waals surface area contributed by atoms with Crippen LogP contribution in [0.25, 0.3) is 34.3 Å². The van der Waals surface area contributed by atoms with Crippen molar-refractivity contribution in [2.75, 3.05) is 19.7 Å². The van der Waals surface area contributed by atoms with Crippen molar-refractivity contribution >= 4 is 23.2 Å². The van der Waals surface area contributed by atoms with Crippen LogP contribution in [-0.4, -0.2) is 83.1 Å². The summed E-state index contributed by atoms with van der Waals surface area (Å²) in [6, 6.07) is 3.78. The van der Waals surface area contributed by atoms with E-state index < -0.39 is 18.6 Å². The van der Waals surface area contributed by atoms with Gasteiger partial charge < -0.3 is 14.6 Å². The van der Waals surface area contributed by atoms with E-state index in [1.165, 1.54) is 4.68 Å². The highest BCUT2D eigenvalue weighted by Gasteiger charge is 2.30. The maximum absolute atomic E-state index is 14.4. The van der Waals surface area contributed by atoms with Gasteiger partial charge >= 0.3 is 0 Å². The number of halogens is 2. The Labute approximate surface area is 228 Å². The molecule has 4 aromatic rings. The fraction of sp³-hybridized carbons (Fsp3) is 0.423. The minimum Gasteiger partial charge on any atom is -0.467 e. The van der Waals surface area contributed by atoms with Crippen molar-refractivity contribution < 1.29 is 23.4 Å². The summed E-state index contributed by atoms with van der Waals surface area (Å²) >= 11 is 0. The zero-order valence-corrected chi connectivity index (χ0v) is 22.3. The van der Waals surface area contributed by atoms with Gasteiger partial charge in [-0.3, -0.25) is 14.7 Å². The zero-order valence-electron chi connectivity index (χ0n) is 22.3. The molecule has 12 nitrogen and oxygen atoms in total. The molecule has 210 valence electrons. The molecular weight excluding hydrogens is 524 g/mol. The average molecular weight is 554 g/mol. The van der Waals surface area contributed by atoms with Crippen LogP contribution in [0.1, 0.15) is 30.8 Å². The van der Waals surface area contributed by atoms with Crippen LogP contribution >= 0.6 is 0 Å². The Morgan fingerprint density at radius 1 is 1.32 bits per heavy atom. The average Bonchev–Trinajstić information content (AvgIpc) is 3.59. The van der Waals surface area contributed by atoms with Gasteiger partial charge in [-0.1, -0.05) is 6.92 Å². The monoisotopic (exact) mass is 553 g/mol. The first-order valence-corrected chi connectivity index (χ1v) is 12.8. The van der Waals surface area contributed by atoms with E-state index in [1.54, 1.807) is 43.2 Å². The second-order valence-electron chi connectivity index (χ2n) is 9.51. The van der Waals surface area contributed by atoms with Gasteiger partial charge in [0.05, 0.1) is 41.4 Å². The van der Waals surface area contributed by atoms with Crippen LogP contribution < -0.4 is 9.47 Å². The molecule has 0 aliphatic carbocycles. The van der Waals surface area contributed by atoms with Crippen molar-refractivity contribution in [2.45, 2.75) is 45.6 Å². The lowest BCUT2D eigenvalue weighted by atomic mass is 10.1. The number of aryl methyl sites for hydroxylation is 1. The fourth-order valence-corrected chi connectivity index (χ4v) is 4.64. The van der Waals surface area contributed by atoms with E-state index in [4.69, 9.17) is 14.7 Å². The number of hydrogen-bond acceptors (Lipinski definition) is 9. The van der Waals surface area contributed by atoms with Crippen molar-refractivity contribution in [3.8, 4) is 29.0 Å². The largest absolute Gasteiger partial charge is 0.467 e. The Morgan fingerprint density at radius 2 is 2.15 bits per heavy atom. The zero-order chi connectivity index (χ0) is 28.4. The lowest BCUT2D eigenvalue weighted by Crippen LogP contribution is -2.40. The molecule has 1 aliphatic rings. The molecule has 2 N–H and O–H groups in total. The third-order valence-electron chi connectivity index (χ3n) is 6.63. The van der Waals surface area contributed by atoms with E-state index in [0.29, 0.717) is 45.7 Å². The van der Waals surface area contributed by atoms with Crippen LogP contribution in [0.4, 0.5) is 8.78 Å². The first kappa shape index (κ1) is 27.2. The summed E-state index contributed by atoms with van der Waals surface area (Å²) in [7, 11) is 1.63. The van der Waals surface area contributed by atoms with Crippen LogP contribution in [0.3, 0.4) is 0 Å². The molecule has 2 atom stereocenters. The SMILES string of the molecule is CCN1Cc2c(c(OCC#N)nn2C[C@H](C)O)/C=C/c2[nH]nc3ncc(cc23)-c2cnn(C)c2O[C@@H](C(F)F)C1. The summed E-state index contributed by atoms with van der Waals surface area (Å²) in [6.07, 6.45) is 1.73. The van der Waals surface area contributed by atoms with E-state index in [-0.39, 0.29) is 38.0 Å². The standard InChI is InChI=1S/C26H29F2N9O3/c1-4-36-13-21-17(25(39-8-7-29)34-37(21)12-15(2)38)5-6-20-18-9-16(10-30-24(18)33-32-20)19-11-31-35(3)26(19)40-22(14-36)23(27)28/h5-6,9-11,15,22-23,38H,4,8,12-14H2,1-3H3,(H,30,32,33)/b6-5+/t15-,22+/m0/s1. The number of aliphatic hydroxyl groups is 1. The Bertz CT molecular complexity index is 1570. The molecule has 0 spiro atoms.